The van der Waals surface area contributed by atoms with Gasteiger partial charge in [0.2, 0.25) is 0 Å². The first-order valence-electron chi connectivity index (χ1n) is 6.44. The van der Waals surface area contributed by atoms with Gasteiger partial charge in [0.1, 0.15) is 11.3 Å². The van der Waals surface area contributed by atoms with Crippen LogP contribution in [0.25, 0.3) is 10.9 Å². The van der Waals surface area contributed by atoms with Crippen LogP contribution in [0, 0.1) is 12.3 Å². The molecule has 1 aromatic heterocycles. The molecule has 0 spiro atoms. The average Bonchev–Trinajstić information content (AvgIpc) is 2.46. The summed E-state index contributed by atoms with van der Waals surface area (Å²) >= 11 is 0. The Kier molecular flexibility index (Phi) is 4.75. The number of aromatic nitrogens is 1. The molecule has 0 unspecified atom stereocenters. The molecular formula is C16H16N2O3. The zero-order chi connectivity index (χ0) is 15.2. The number of terminal acetylenes is 1. The Morgan fingerprint density at radius 3 is 2.90 bits per heavy atom. The van der Waals surface area contributed by atoms with Crippen molar-refractivity contribution in [1.82, 2.24) is 9.88 Å². The van der Waals surface area contributed by atoms with E-state index >= 15 is 0 Å². The van der Waals surface area contributed by atoms with Crippen molar-refractivity contribution >= 4 is 16.9 Å². The maximum atomic E-state index is 10.8. The van der Waals surface area contributed by atoms with E-state index in [4.69, 9.17) is 16.3 Å². The fourth-order valence-corrected chi connectivity index (χ4v) is 2.13. The minimum Gasteiger partial charge on any atom is -0.494 e. The van der Waals surface area contributed by atoms with Crippen LogP contribution in [0.3, 0.4) is 0 Å². The molecule has 0 amide bonds. The van der Waals surface area contributed by atoms with Crippen molar-refractivity contribution in [2.75, 3.05) is 20.2 Å². The van der Waals surface area contributed by atoms with E-state index in [2.05, 4.69) is 10.9 Å². The first-order valence-corrected chi connectivity index (χ1v) is 6.44. The van der Waals surface area contributed by atoms with E-state index in [9.17, 15) is 4.79 Å². The number of benzene rings is 1. The molecule has 0 saturated carbocycles. The third-order valence-corrected chi connectivity index (χ3v) is 3.02. The molecule has 1 N–H and O–H groups in total. The van der Waals surface area contributed by atoms with Gasteiger partial charge >= 0.3 is 5.97 Å². The highest BCUT2D eigenvalue weighted by Gasteiger charge is 2.11. The van der Waals surface area contributed by atoms with Gasteiger partial charge in [0.15, 0.2) is 0 Å². The standard InChI is InChI=1S/C16H16N2O3/c1-3-9-18(11-15(19)20)10-13-8-7-12-5-4-6-14(21-2)16(12)17-13/h1,4-8H,9-11H2,2H3,(H,19,20). The number of pyridine rings is 1. The SMILES string of the molecule is C#CCN(CC(=O)O)Cc1ccc2cccc(OC)c2n1. The number of carbonyl (C=O) groups is 1. The van der Waals surface area contributed by atoms with Crippen molar-refractivity contribution in [3.05, 3.63) is 36.0 Å². The van der Waals surface area contributed by atoms with Gasteiger partial charge in [-0.25, -0.2) is 4.98 Å². The molecule has 0 aliphatic heterocycles. The van der Waals surface area contributed by atoms with E-state index in [-0.39, 0.29) is 13.1 Å². The van der Waals surface area contributed by atoms with Gasteiger partial charge in [-0.15, -0.1) is 6.42 Å². The number of carboxylic acid groups (broad SMARTS) is 1. The number of aliphatic carboxylic acids is 1. The van der Waals surface area contributed by atoms with Gasteiger partial charge < -0.3 is 9.84 Å². The summed E-state index contributed by atoms with van der Waals surface area (Å²) in [5.74, 6) is 2.24. The molecule has 0 fully saturated rings. The number of hydrogen-bond acceptors (Lipinski definition) is 4. The van der Waals surface area contributed by atoms with Gasteiger partial charge in [-0.2, -0.15) is 0 Å². The number of methoxy groups -OCH3 is 1. The lowest BCUT2D eigenvalue weighted by molar-refractivity contribution is -0.138. The quantitative estimate of drug-likeness (QED) is 0.819. The molecule has 108 valence electrons. The topological polar surface area (TPSA) is 62.7 Å². The summed E-state index contributed by atoms with van der Waals surface area (Å²) in [7, 11) is 1.60. The molecule has 1 aromatic carbocycles. The second kappa shape index (κ2) is 6.73. The van der Waals surface area contributed by atoms with E-state index in [0.29, 0.717) is 12.3 Å². The second-order valence-electron chi connectivity index (χ2n) is 4.58. The molecule has 2 rings (SSSR count). The summed E-state index contributed by atoms with van der Waals surface area (Å²) in [6.07, 6.45) is 5.27. The smallest absolute Gasteiger partial charge is 0.317 e. The van der Waals surface area contributed by atoms with Crippen LogP contribution in [0.15, 0.2) is 30.3 Å². The van der Waals surface area contributed by atoms with Crippen molar-refractivity contribution in [3.63, 3.8) is 0 Å². The lowest BCUT2D eigenvalue weighted by atomic mass is 10.2. The van der Waals surface area contributed by atoms with E-state index in [1.54, 1.807) is 12.0 Å². The number of ether oxygens (including phenoxy) is 1. The van der Waals surface area contributed by atoms with Gasteiger partial charge in [0.05, 0.1) is 25.9 Å². The molecule has 1 heterocycles. The van der Waals surface area contributed by atoms with Crippen LogP contribution < -0.4 is 4.74 Å². The highest BCUT2D eigenvalue weighted by molar-refractivity contribution is 5.84. The van der Waals surface area contributed by atoms with E-state index in [1.165, 1.54) is 0 Å². The van der Waals surface area contributed by atoms with E-state index < -0.39 is 5.97 Å². The number of nitrogens with zero attached hydrogens (tertiary/aromatic N) is 2. The Labute approximate surface area is 123 Å². The molecule has 0 radical (unpaired) electrons. The minimum absolute atomic E-state index is 0.115. The van der Waals surface area contributed by atoms with Gasteiger partial charge in [0.25, 0.3) is 0 Å². The maximum absolute atomic E-state index is 10.8. The lowest BCUT2D eigenvalue weighted by Gasteiger charge is -2.17. The van der Waals surface area contributed by atoms with Gasteiger partial charge in [-0.1, -0.05) is 24.1 Å². The summed E-state index contributed by atoms with van der Waals surface area (Å²) in [5, 5.41) is 9.86. The number of hydrogen-bond donors (Lipinski definition) is 1. The van der Waals surface area contributed by atoms with Crippen LogP contribution in [0.1, 0.15) is 5.69 Å². The zero-order valence-electron chi connectivity index (χ0n) is 11.7. The largest absolute Gasteiger partial charge is 0.494 e. The minimum atomic E-state index is -0.913. The molecule has 0 saturated heterocycles. The predicted octanol–water partition coefficient (Wildman–Crippen LogP) is 1.76. The molecule has 0 bridgehead atoms. The van der Waals surface area contributed by atoms with Gasteiger partial charge in [-0.05, 0) is 12.1 Å². The Morgan fingerprint density at radius 1 is 1.43 bits per heavy atom. The molecular weight excluding hydrogens is 268 g/mol. The summed E-state index contributed by atoms with van der Waals surface area (Å²) < 4.78 is 5.30. The van der Waals surface area contributed by atoms with Crippen LogP contribution in [0.4, 0.5) is 0 Å². The molecule has 0 atom stereocenters. The fraction of sp³-hybridized carbons (Fsp3) is 0.250. The summed E-state index contributed by atoms with van der Waals surface area (Å²) in [6.45, 7) is 0.526. The molecule has 5 heteroatoms. The van der Waals surface area contributed by atoms with E-state index in [1.807, 2.05) is 30.3 Å². The lowest BCUT2D eigenvalue weighted by Crippen LogP contribution is -2.30. The summed E-state index contributed by atoms with van der Waals surface area (Å²) in [5.41, 5.74) is 1.51. The van der Waals surface area contributed by atoms with Crippen molar-refractivity contribution in [3.8, 4) is 18.1 Å². The average molecular weight is 284 g/mol. The highest BCUT2D eigenvalue weighted by atomic mass is 16.5. The Balaban J connectivity index is 2.29. The summed E-state index contributed by atoms with van der Waals surface area (Å²) in [6, 6.07) is 9.50. The maximum Gasteiger partial charge on any atom is 0.317 e. The molecule has 21 heavy (non-hydrogen) atoms. The normalized spacial score (nSPS) is 10.5. The van der Waals surface area contributed by atoms with Crippen LogP contribution in [-0.2, 0) is 11.3 Å². The summed E-state index contributed by atoms with van der Waals surface area (Å²) in [4.78, 5) is 17.0. The van der Waals surface area contributed by atoms with Crippen molar-refractivity contribution in [2.45, 2.75) is 6.54 Å². The molecule has 2 aromatic rings. The molecule has 0 aliphatic rings. The number of carboxylic acids is 1. The van der Waals surface area contributed by atoms with E-state index in [0.717, 1.165) is 16.6 Å². The first-order chi connectivity index (χ1) is 10.1. The zero-order valence-corrected chi connectivity index (χ0v) is 11.7. The monoisotopic (exact) mass is 284 g/mol. The van der Waals surface area contributed by atoms with Crippen LogP contribution >= 0.6 is 0 Å². The van der Waals surface area contributed by atoms with Crippen molar-refractivity contribution < 1.29 is 14.6 Å². The number of para-hydroxylation sites is 1. The second-order valence-corrected chi connectivity index (χ2v) is 4.58. The van der Waals surface area contributed by atoms with Crippen molar-refractivity contribution in [2.24, 2.45) is 0 Å². The highest BCUT2D eigenvalue weighted by Crippen LogP contribution is 2.23. The molecule has 0 aliphatic carbocycles. The Morgan fingerprint density at radius 2 is 2.24 bits per heavy atom. The number of rotatable bonds is 6. The van der Waals surface area contributed by atoms with Crippen LogP contribution in [0.2, 0.25) is 0 Å². The van der Waals surface area contributed by atoms with Crippen LogP contribution in [0.5, 0.6) is 5.75 Å². The third-order valence-electron chi connectivity index (χ3n) is 3.02. The van der Waals surface area contributed by atoms with Crippen LogP contribution in [-0.4, -0.2) is 41.2 Å². The first kappa shape index (κ1) is 14.8. The predicted molar refractivity (Wildman–Crippen MR) is 80.0 cm³/mol. The van der Waals surface area contributed by atoms with Gasteiger partial charge in [-0.3, -0.25) is 9.69 Å². The number of fused-ring (bicyclic) bond motifs is 1. The third kappa shape index (κ3) is 3.71. The fourth-order valence-electron chi connectivity index (χ4n) is 2.13. The van der Waals surface area contributed by atoms with Crippen molar-refractivity contribution in [1.29, 1.82) is 0 Å². The Hall–Kier alpha value is -2.58. The van der Waals surface area contributed by atoms with Gasteiger partial charge in [0, 0.05) is 11.9 Å². The Bertz CT molecular complexity index is 691. The molecule has 5 nitrogen and oxygen atoms in total.